The highest BCUT2D eigenvalue weighted by atomic mass is 35.5. The molecule has 3 nitrogen and oxygen atoms in total. The van der Waals surface area contributed by atoms with Crippen LogP contribution in [-0.2, 0) is 0 Å². The molecule has 114 valence electrons. The second kappa shape index (κ2) is 9.16. The highest BCUT2D eigenvalue weighted by Crippen LogP contribution is 2.15. The number of rotatable bonds is 7. The smallest absolute Gasteiger partial charge is 0.165 e. The number of benzene rings is 1. The molecule has 0 spiro atoms. The normalized spacial score (nSPS) is 18.1. The van der Waals surface area contributed by atoms with Crippen molar-refractivity contribution < 1.29 is 9.13 Å². The number of hydrogen-bond acceptors (Lipinski definition) is 3. The highest BCUT2D eigenvalue weighted by molar-refractivity contribution is 5.85. The van der Waals surface area contributed by atoms with Crippen LogP contribution < -0.4 is 10.1 Å². The fraction of sp³-hybridized carbons (Fsp3) is 0.600. The summed E-state index contributed by atoms with van der Waals surface area (Å²) in [5.41, 5.74) is 0. The van der Waals surface area contributed by atoms with Crippen LogP contribution in [0.2, 0.25) is 0 Å². The summed E-state index contributed by atoms with van der Waals surface area (Å²) in [6, 6.07) is 7.18. The zero-order chi connectivity index (χ0) is 13.5. The largest absolute Gasteiger partial charge is 0.489 e. The Kier molecular flexibility index (Phi) is 7.88. The second-order valence-electron chi connectivity index (χ2n) is 4.96. The Morgan fingerprint density at radius 1 is 1.35 bits per heavy atom. The van der Waals surface area contributed by atoms with Gasteiger partial charge in [0.05, 0.1) is 0 Å². The molecule has 1 heterocycles. The van der Waals surface area contributed by atoms with Crippen molar-refractivity contribution in [1.29, 1.82) is 0 Å². The van der Waals surface area contributed by atoms with Gasteiger partial charge in [-0.2, -0.15) is 0 Å². The lowest BCUT2D eigenvalue weighted by Gasteiger charge is -2.27. The zero-order valence-electron chi connectivity index (χ0n) is 12.0. The number of para-hydroxylation sites is 1. The molecular weight excluding hydrogens is 279 g/mol. The van der Waals surface area contributed by atoms with Gasteiger partial charge in [0.15, 0.2) is 11.6 Å². The number of halogens is 2. The first kappa shape index (κ1) is 17.2. The first-order valence-electron chi connectivity index (χ1n) is 7.13. The third-order valence-electron chi connectivity index (χ3n) is 3.53. The molecule has 1 unspecified atom stereocenters. The maximum atomic E-state index is 13.4. The van der Waals surface area contributed by atoms with E-state index in [0.717, 1.165) is 32.6 Å². The Labute approximate surface area is 126 Å². The monoisotopic (exact) mass is 302 g/mol. The lowest BCUT2D eigenvalue weighted by atomic mass is 10.2. The van der Waals surface area contributed by atoms with E-state index in [1.807, 2.05) is 0 Å². The Bertz CT molecular complexity index is 386. The van der Waals surface area contributed by atoms with Crippen LogP contribution in [0.4, 0.5) is 4.39 Å². The predicted octanol–water partition coefficient (Wildman–Crippen LogP) is 2.70. The van der Waals surface area contributed by atoms with E-state index in [1.165, 1.54) is 12.5 Å². The first-order chi connectivity index (χ1) is 9.31. The summed E-state index contributed by atoms with van der Waals surface area (Å²) < 4.78 is 19.0. The molecule has 0 aliphatic carbocycles. The van der Waals surface area contributed by atoms with Gasteiger partial charge in [-0.3, -0.25) is 4.90 Å². The SMILES string of the molecule is CCCN(CCOc1ccccc1F)C1CCNC1.Cl. The molecule has 0 radical (unpaired) electrons. The van der Waals surface area contributed by atoms with Crippen molar-refractivity contribution in [3.05, 3.63) is 30.1 Å². The molecule has 1 aliphatic heterocycles. The third kappa shape index (κ3) is 4.93. The molecule has 5 heteroatoms. The first-order valence-corrected chi connectivity index (χ1v) is 7.13. The minimum atomic E-state index is -0.285. The van der Waals surface area contributed by atoms with Gasteiger partial charge in [-0.05, 0) is 38.1 Å². The van der Waals surface area contributed by atoms with Crippen molar-refractivity contribution in [3.63, 3.8) is 0 Å². The van der Waals surface area contributed by atoms with Crippen LogP contribution in [0.5, 0.6) is 5.75 Å². The number of ether oxygens (including phenoxy) is 1. The van der Waals surface area contributed by atoms with E-state index in [0.29, 0.717) is 18.4 Å². The van der Waals surface area contributed by atoms with Gasteiger partial charge in [0, 0.05) is 19.1 Å². The summed E-state index contributed by atoms with van der Waals surface area (Å²) in [5.74, 6) is 0.0653. The van der Waals surface area contributed by atoms with Gasteiger partial charge in [-0.1, -0.05) is 19.1 Å². The Hall–Kier alpha value is -0.840. The molecular formula is C15H24ClFN2O. The summed E-state index contributed by atoms with van der Waals surface area (Å²) in [4.78, 5) is 2.45. The predicted molar refractivity (Wildman–Crippen MR) is 82.3 cm³/mol. The van der Waals surface area contributed by atoms with Crippen LogP contribution in [0.3, 0.4) is 0 Å². The van der Waals surface area contributed by atoms with Crippen molar-refractivity contribution in [2.24, 2.45) is 0 Å². The summed E-state index contributed by atoms with van der Waals surface area (Å²) in [5, 5.41) is 3.39. The summed E-state index contributed by atoms with van der Waals surface area (Å²) >= 11 is 0. The molecule has 1 aliphatic rings. The van der Waals surface area contributed by atoms with Gasteiger partial charge < -0.3 is 10.1 Å². The highest BCUT2D eigenvalue weighted by Gasteiger charge is 2.21. The van der Waals surface area contributed by atoms with Crippen LogP contribution in [0.15, 0.2) is 24.3 Å². The topological polar surface area (TPSA) is 24.5 Å². The van der Waals surface area contributed by atoms with Gasteiger partial charge in [0.1, 0.15) is 6.61 Å². The second-order valence-corrected chi connectivity index (χ2v) is 4.96. The zero-order valence-corrected chi connectivity index (χ0v) is 12.8. The third-order valence-corrected chi connectivity index (χ3v) is 3.53. The molecule has 1 N–H and O–H groups in total. The van der Waals surface area contributed by atoms with Crippen LogP contribution in [0.25, 0.3) is 0 Å². The van der Waals surface area contributed by atoms with Crippen molar-refractivity contribution >= 4 is 12.4 Å². The molecule has 1 fully saturated rings. The molecule has 0 bridgehead atoms. The average Bonchev–Trinajstić information content (AvgIpc) is 2.94. The lowest BCUT2D eigenvalue weighted by Crippen LogP contribution is -2.40. The molecule has 1 aromatic rings. The Morgan fingerprint density at radius 3 is 2.80 bits per heavy atom. The summed E-state index contributed by atoms with van der Waals surface area (Å²) in [7, 11) is 0. The standard InChI is InChI=1S/C15H23FN2O.ClH/c1-2-9-18(13-7-8-17-12-13)10-11-19-15-6-4-3-5-14(15)16;/h3-6,13,17H,2,7-12H2,1H3;1H. The van der Waals surface area contributed by atoms with E-state index in [2.05, 4.69) is 17.1 Å². The van der Waals surface area contributed by atoms with Crippen LogP contribution in [0, 0.1) is 5.82 Å². The van der Waals surface area contributed by atoms with Crippen LogP contribution >= 0.6 is 12.4 Å². The van der Waals surface area contributed by atoms with Gasteiger partial charge in [-0.15, -0.1) is 12.4 Å². The minimum Gasteiger partial charge on any atom is -0.489 e. The van der Waals surface area contributed by atoms with Gasteiger partial charge >= 0.3 is 0 Å². The van der Waals surface area contributed by atoms with Crippen molar-refractivity contribution in [3.8, 4) is 5.75 Å². The molecule has 1 saturated heterocycles. The van der Waals surface area contributed by atoms with E-state index >= 15 is 0 Å². The van der Waals surface area contributed by atoms with E-state index in [1.54, 1.807) is 18.2 Å². The quantitative estimate of drug-likeness (QED) is 0.838. The van der Waals surface area contributed by atoms with E-state index in [-0.39, 0.29) is 18.2 Å². The van der Waals surface area contributed by atoms with Gasteiger partial charge in [0.2, 0.25) is 0 Å². The number of nitrogens with one attached hydrogen (secondary N) is 1. The molecule has 1 atom stereocenters. The van der Waals surface area contributed by atoms with E-state index < -0.39 is 0 Å². The summed E-state index contributed by atoms with van der Waals surface area (Å²) in [6.07, 6.45) is 2.33. The lowest BCUT2D eigenvalue weighted by molar-refractivity contribution is 0.165. The summed E-state index contributed by atoms with van der Waals surface area (Å²) in [6.45, 7) is 6.81. The molecule has 0 saturated carbocycles. The van der Waals surface area contributed by atoms with Crippen LogP contribution in [0.1, 0.15) is 19.8 Å². The minimum absolute atomic E-state index is 0. The maximum absolute atomic E-state index is 13.4. The van der Waals surface area contributed by atoms with Crippen molar-refractivity contribution in [2.75, 3.05) is 32.8 Å². The molecule has 20 heavy (non-hydrogen) atoms. The fourth-order valence-electron chi connectivity index (χ4n) is 2.55. The van der Waals surface area contributed by atoms with Crippen molar-refractivity contribution in [1.82, 2.24) is 10.2 Å². The van der Waals surface area contributed by atoms with Gasteiger partial charge in [-0.25, -0.2) is 4.39 Å². The molecule has 0 aromatic heterocycles. The van der Waals surface area contributed by atoms with E-state index in [4.69, 9.17) is 4.74 Å². The maximum Gasteiger partial charge on any atom is 0.165 e. The number of hydrogen-bond donors (Lipinski definition) is 1. The van der Waals surface area contributed by atoms with Crippen molar-refractivity contribution in [2.45, 2.75) is 25.8 Å². The van der Waals surface area contributed by atoms with Crippen LogP contribution in [-0.4, -0.2) is 43.7 Å². The van der Waals surface area contributed by atoms with E-state index in [9.17, 15) is 4.39 Å². The Balaban J connectivity index is 0.00000200. The number of nitrogens with zero attached hydrogens (tertiary/aromatic N) is 1. The Morgan fingerprint density at radius 2 is 2.15 bits per heavy atom. The molecule has 2 rings (SSSR count). The fourth-order valence-corrected chi connectivity index (χ4v) is 2.55. The molecule has 0 amide bonds. The van der Waals surface area contributed by atoms with Gasteiger partial charge in [0.25, 0.3) is 0 Å². The average molecular weight is 303 g/mol. The molecule has 1 aromatic carbocycles.